The van der Waals surface area contributed by atoms with Crippen molar-refractivity contribution in [3.8, 4) is 0 Å². The summed E-state index contributed by atoms with van der Waals surface area (Å²) in [7, 11) is 1.35. The molecule has 0 unspecified atom stereocenters. The minimum atomic E-state index is -1.20. The number of aliphatic hydroxyl groups excluding tert-OH is 1. The first-order valence-electron chi connectivity index (χ1n) is 9.30. The molecule has 0 aromatic rings. The molecule has 1 aliphatic heterocycles. The molecule has 26 heavy (non-hydrogen) atoms. The zero-order chi connectivity index (χ0) is 18.5. The van der Waals surface area contributed by atoms with E-state index < -0.39 is 46.4 Å². The second kappa shape index (κ2) is 4.60. The fraction of sp³-hybridized carbons (Fsp3) is 0.700. The molecular formula is C20H24O6. The zero-order valence-electron chi connectivity index (χ0n) is 14.9. The third-order valence-electron chi connectivity index (χ3n) is 8.22. The van der Waals surface area contributed by atoms with E-state index in [4.69, 9.17) is 9.47 Å². The van der Waals surface area contributed by atoms with E-state index in [0.717, 1.165) is 5.57 Å². The first-order chi connectivity index (χ1) is 12.3. The lowest BCUT2D eigenvalue weighted by molar-refractivity contribution is -0.164. The van der Waals surface area contributed by atoms with Crippen LogP contribution < -0.4 is 0 Å². The number of hydrogen-bond acceptors (Lipinski definition) is 6. The molecule has 4 fully saturated rings. The molecule has 6 nitrogen and oxygen atoms in total. The molecule has 4 aliphatic carbocycles. The minimum Gasteiger partial charge on any atom is -0.469 e. The molecule has 0 aromatic heterocycles. The van der Waals surface area contributed by atoms with Crippen molar-refractivity contribution in [2.24, 2.45) is 28.6 Å². The van der Waals surface area contributed by atoms with Crippen molar-refractivity contribution in [2.45, 2.75) is 43.3 Å². The molecule has 5 rings (SSSR count). The molecule has 0 radical (unpaired) electrons. The van der Waals surface area contributed by atoms with Gasteiger partial charge < -0.3 is 19.7 Å². The van der Waals surface area contributed by atoms with Gasteiger partial charge in [0.15, 0.2) is 0 Å². The quantitative estimate of drug-likeness (QED) is 0.566. The van der Waals surface area contributed by atoms with Gasteiger partial charge in [-0.1, -0.05) is 18.7 Å². The van der Waals surface area contributed by atoms with Gasteiger partial charge in [0.1, 0.15) is 11.0 Å². The van der Waals surface area contributed by atoms with Crippen molar-refractivity contribution < 1.29 is 29.3 Å². The second-order valence-electron chi connectivity index (χ2n) is 8.94. The lowest BCUT2D eigenvalue weighted by atomic mass is 9.62. The third-order valence-corrected chi connectivity index (χ3v) is 8.22. The van der Waals surface area contributed by atoms with Gasteiger partial charge in [0.25, 0.3) is 0 Å². The van der Waals surface area contributed by atoms with E-state index in [1.54, 1.807) is 6.08 Å². The van der Waals surface area contributed by atoms with Gasteiger partial charge in [0, 0.05) is 18.3 Å². The normalized spacial score (nSPS) is 53.3. The van der Waals surface area contributed by atoms with Gasteiger partial charge in [-0.3, -0.25) is 9.59 Å². The number of carbonyl (C=O) groups is 2. The molecule has 1 saturated heterocycles. The van der Waals surface area contributed by atoms with Crippen LogP contribution in [0.4, 0.5) is 0 Å². The molecule has 7 atom stereocenters. The average molecular weight is 360 g/mol. The van der Waals surface area contributed by atoms with Gasteiger partial charge in [0.05, 0.1) is 25.2 Å². The number of ether oxygens (including phenoxy) is 2. The van der Waals surface area contributed by atoms with Crippen molar-refractivity contribution in [3.63, 3.8) is 0 Å². The Morgan fingerprint density at radius 1 is 1.50 bits per heavy atom. The Morgan fingerprint density at radius 3 is 2.96 bits per heavy atom. The number of aliphatic hydroxyl groups is 2. The van der Waals surface area contributed by atoms with Gasteiger partial charge in [-0.25, -0.2) is 0 Å². The fourth-order valence-corrected chi connectivity index (χ4v) is 7.39. The predicted molar refractivity (Wildman–Crippen MR) is 89.6 cm³/mol. The van der Waals surface area contributed by atoms with Crippen LogP contribution in [0.15, 0.2) is 24.3 Å². The lowest BCUT2D eigenvalue weighted by Crippen LogP contribution is -2.47. The van der Waals surface area contributed by atoms with E-state index in [-0.39, 0.29) is 11.9 Å². The summed E-state index contributed by atoms with van der Waals surface area (Å²) in [4.78, 5) is 25.8. The summed E-state index contributed by atoms with van der Waals surface area (Å²) in [6.45, 7) is 3.71. The van der Waals surface area contributed by atoms with Crippen molar-refractivity contribution in [3.05, 3.63) is 24.3 Å². The highest BCUT2D eigenvalue weighted by atomic mass is 16.6. The fourth-order valence-electron chi connectivity index (χ4n) is 7.39. The Labute approximate surface area is 151 Å². The van der Waals surface area contributed by atoms with Crippen molar-refractivity contribution >= 4 is 11.9 Å². The minimum absolute atomic E-state index is 0.0500. The average Bonchev–Trinajstić information content (AvgIpc) is 3.01. The summed E-state index contributed by atoms with van der Waals surface area (Å²) < 4.78 is 11.2. The van der Waals surface area contributed by atoms with Crippen molar-refractivity contribution in [1.29, 1.82) is 0 Å². The van der Waals surface area contributed by atoms with Gasteiger partial charge >= 0.3 is 11.9 Å². The molecule has 0 amide bonds. The topological polar surface area (TPSA) is 93.1 Å². The van der Waals surface area contributed by atoms with E-state index in [2.05, 4.69) is 6.58 Å². The molecule has 3 saturated carbocycles. The van der Waals surface area contributed by atoms with Gasteiger partial charge in [-0.15, -0.1) is 0 Å². The SMILES string of the molecule is C=C1C[C@]23C[C@@]1(O)CC[C@H]2[C@@]12CC=C[C@@](CO)(C(=O)O1)[C@H]2[C@@H]3C(=O)OC. The van der Waals surface area contributed by atoms with E-state index in [0.29, 0.717) is 32.1 Å². The van der Waals surface area contributed by atoms with Crippen LogP contribution in [0.25, 0.3) is 0 Å². The van der Waals surface area contributed by atoms with Gasteiger partial charge in [-0.2, -0.15) is 0 Å². The highest BCUT2D eigenvalue weighted by molar-refractivity contribution is 5.87. The molecule has 1 heterocycles. The Hall–Kier alpha value is -1.66. The van der Waals surface area contributed by atoms with Crippen LogP contribution in [0.1, 0.15) is 32.1 Å². The first-order valence-corrected chi connectivity index (χ1v) is 9.30. The van der Waals surface area contributed by atoms with Crippen molar-refractivity contribution in [1.82, 2.24) is 0 Å². The smallest absolute Gasteiger partial charge is 0.319 e. The molecule has 6 heteroatoms. The summed E-state index contributed by atoms with van der Waals surface area (Å²) in [6, 6.07) is 0. The maximum absolute atomic E-state index is 13.0. The van der Waals surface area contributed by atoms with E-state index >= 15 is 0 Å². The Kier molecular flexibility index (Phi) is 2.92. The lowest BCUT2D eigenvalue weighted by Gasteiger charge is -2.45. The van der Waals surface area contributed by atoms with Crippen LogP contribution >= 0.6 is 0 Å². The van der Waals surface area contributed by atoms with Crippen molar-refractivity contribution in [2.75, 3.05) is 13.7 Å². The van der Waals surface area contributed by atoms with Crippen LogP contribution in [0.3, 0.4) is 0 Å². The zero-order valence-corrected chi connectivity index (χ0v) is 14.9. The summed E-state index contributed by atoms with van der Waals surface area (Å²) >= 11 is 0. The van der Waals surface area contributed by atoms with E-state index in [1.807, 2.05) is 6.08 Å². The van der Waals surface area contributed by atoms with Crippen LogP contribution in [-0.2, 0) is 19.1 Å². The van der Waals surface area contributed by atoms with E-state index in [9.17, 15) is 19.8 Å². The second-order valence-corrected chi connectivity index (χ2v) is 8.94. The van der Waals surface area contributed by atoms with Gasteiger partial charge in [-0.05, 0) is 36.7 Å². The highest BCUT2D eigenvalue weighted by Gasteiger charge is 2.83. The molecule has 4 bridgehead atoms. The van der Waals surface area contributed by atoms with E-state index in [1.165, 1.54) is 7.11 Å². The monoisotopic (exact) mass is 360 g/mol. The largest absolute Gasteiger partial charge is 0.469 e. The third kappa shape index (κ3) is 1.46. The standard InChI is InChI=1S/C20H24O6/c1-11-8-18-9-19(11,24)7-4-12(18)20-6-3-5-17(10-21,16(23)26-20)14(20)13(18)15(22)25-2/h3,5,12-14,21,24H,1,4,6-10H2,2H3/t12-,13-,14-,17+,18+,19+,20-/m1/s1. The molecule has 1 spiro atoms. The summed E-state index contributed by atoms with van der Waals surface area (Å²) in [6.07, 6.45) is 6.39. The molecule has 140 valence electrons. The number of rotatable bonds is 2. The number of fused-ring (bicyclic) bond motifs is 1. The molecular weight excluding hydrogens is 336 g/mol. The summed E-state index contributed by atoms with van der Waals surface area (Å²) in [5, 5.41) is 21.2. The summed E-state index contributed by atoms with van der Waals surface area (Å²) in [5.74, 6) is -1.95. The Balaban J connectivity index is 1.76. The molecule has 0 aromatic carbocycles. The van der Waals surface area contributed by atoms with Crippen LogP contribution in [0, 0.1) is 28.6 Å². The molecule has 5 aliphatic rings. The van der Waals surface area contributed by atoms with Crippen LogP contribution in [0.5, 0.6) is 0 Å². The maximum atomic E-state index is 13.0. The number of carbonyl (C=O) groups excluding carboxylic acids is 2. The number of esters is 2. The van der Waals surface area contributed by atoms with Crippen LogP contribution in [0.2, 0.25) is 0 Å². The molecule has 2 N–H and O–H groups in total. The highest BCUT2D eigenvalue weighted by Crippen LogP contribution is 2.77. The Bertz CT molecular complexity index is 772. The number of hydrogen-bond donors (Lipinski definition) is 2. The number of methoxy groups -OCH3 is 1. The van der Waals surface area contributed by atoms with Crippen LogP contribution in [-0.4, -0.2) is 47.1 Å². The summed E-state index contributed by atoms with van der Waals surface area (Å²) in [5.41, 5.74) is -2.74. The first kappa shape index (κ1) is 16.5. The van der Waals surface area contributed by atoms with Gasteiger partial charge in [0.2, 0.25) is 0 Å². The Morgan fingerprint density at radius 2 is 2.27 bits per heavy atom. The predicted octanol–water partition coefficient (Wildman–Crippen LogP) is 1.12. The maximum Gasteiger partial charge on any atom is 0.319 e.